The third kappa shape index (κ3) is 1.78. The number of ether oxygens (including phenoxy) is 1. The van der Waals surface area contributed by atoms with Crippen LogP contribution in [0.25, 0.3) is 0 Å². The molecule has 12 heavy (non-hydrogen) atoms. The molecule has 0 aromatic rings. The lowest BCUT2D eigenvalue weighted by molar-refractivity contribution is -0.0999. The van der Waals surface area contributed by atoms with Crippen molar-refractivity contribution < 1.29 is 9.84 Å². The number of aliphatic hydroxyl groups is 1. The maximum Gasteiger partial charge on any atom is 0.160 e. The summed E-state index contributed by atoms with van der Waals surface area (Å²) in [6.07, 6.45) is 3.39. The van der Waals surface area contributed by atoms with Crippen LogP contribution in [0.3, 0.4) is 0 Å². The van der Waals surface area contributed by atoms with Crippen molar-refractivity contribution in [2.24, 2.45) is 17.4 Å². The van der Waals surface area contributed by atoms with Crippen LogP contribution in [0.1, 0.15) is 6.42 Å². The maximum atomic E-state index is 9.29. The molecule has 68 valence electrons. The first kappa shape index (κ1) is 9.09. The van der Waals surface area contributed by atoms with Gasteiger partial charge in [-0.25, -0.2) is 0 Å². The van der Waals surface area contributed by atoms with E-state index in [0.29, 0.717) is 17.8 Å². The summed E-state index contributed by atoms with van der Waals surface area (Å²) < 4.78 is 4.76. The second-order valence-electron chi connectivity index (χ2n) is 2.81. The Kier molecular flexibility index (Phi) is 2.73. The molecule has 0 radical (unpaired) electrons. The molecule has 1 aliphatic rings. The van der Waals surface area contributed by atoms with Crippen LogP contribution in [0.15, 0.2) is 23.5 Å². The summed E-state index contributed by atoms with van der Waals surface area (Å²) in [4.78, 5) is 0. The minimum absolute atomic E-state index is 0.0812. The molecular weight excluding hydrogens is 156 g/mol. The van der Waals surface area contributed by atoms with Crippen molar-refractivity contribution >= 4 is 0 Å². The SMILES string of the molecule is COC(O)C1C=C(N)C(N)=CC1. The third-order valence-electron chi connectivity index (χ3n) is 1.94. The molecule has 0 aromatic heterocycles. The van der Waals surface area contributed by atoms with Gasteiger partial charge in [0.1, 0.15) is 0 Å². The molecule has 0 spiro atoms. The Hall–Kier alpha value is -1.00. The van der Waals surface area contributed by atoms with E-state index in [1.165, 1.54) is 7.11 Å². The van der Waals surface area contributed by atoms with Gasteiger partial charge >= 0.3 is 0 Å². The second kappa shape index (κ2) is 3.60. The van der Waals surface area contributed by atoms with Crippen LogP contribution in [0.5, 0.6) is 0 Å². The molecule has 0 fully saturated rings. The fraction of sp³-hybridized carbons (Fsp3) is 0.500. The standard InChI is InChI=1S/C8H14N2O2/c1-12-8(11)5-2-3-6(9)7(10)4-5/h3-5,8,11H,2,9-10H2,1H3. The molecule has 0 aromatic carbocycles. The van der Waals surface area contributed by atoms with E-state index >= 15 is 0 Å². The lowest BCUT2D eigenvalue weighted by atomic mass is 9.97. The molecule has 2 atom stereocenters. The minimum atomic E-state index is -0.798. The van der Waals surface area contributed by atoms with Gasteiger partial charge in [-0.05, 0) is 6.42 Å². The molecule has 1 rings (SSSR count). The molecule has 0 amide bonds. The van der Waals surface area contributed by atoms with E-state index in [1.807, 2.05) is 0 Å². The van der Waals surface area contributed by atoms with Crippen molar-refractivity contribution in [2.75, 3.05) is 7.11 Å². The van der Waals surface area contributed by atoms with Gasteiger partial charge in [0.2, 0.25) is 0 Å². The van der Waals surface area contributed by atoms with Gasteiger partial charge in [0.25, 0.3) is 0 Å². The number of allylic oxidation sites excluding steroid dienone is 1. The topological polar surface area (TPSA) is 81.5 Å². The Balaban J connectivity index is 2.65. The van der Waals surface area contributed by atoms with Crippen molar-refractivity contribution in [3.63, 3.8) is 0 Å². The van der Waals surface area contributed by atoms with Crippen molar-refractivity contribution in [3.05, 3.63) is 23.5 Å². The monoisotopic (exact) mass is 170 g/mol. The smallest absolute Gasteiger partial charge is 0.160 e. The minimum Gasteiger partial charge on any atom is -0.397 e. The zero-order chi connectivity index (χ0) is 9.14. The Morgan fingerprint density at radius 1 is 1.58 bits per heavy atom. The summed E-state index contributed by atoms with van der Waals surface area (Å²) in [7, 11) is 1.45. The van der Waals surface area contributed by atoms with Crippen LogP contribution >= 0.6 is 0 Å². The van der Waals surface area contributed by atoms with Gasteiger partial charge in [0.15, 0.2) is 6.29 Å². The Morgan fingerprint density at radius 3 is 2.75 bits per heavy atom. The fourth-order valence-electron chi connectivity index (χ4n) is 1.15. The zero-order valence-electron chi connectivity index (χ0n) is 7.03. The van der Waals surface area contributed by atoms with Crippen molar-refractivity contribution in [2.45, 2.75) is 12.7 Å². The van der Waals surface area contributed by atoms with E-state index in [4.69, 9.17) is 16.2 Å². The van der Waals surface area contributed by atoms with Crippen molar-refractivity contribution in [3.8, 4) is 0 Å². The number of rotatable bonds is 2. The summed E-state index contributed by atoms with van der Waals surface area (Å²) in [6.45, 7) is 0. The average Bonchev–Trinajstić information content (AvgIpc) is 2.08. The van der Waals surface area contributed by atoms with Gasteiger partial charge in [-0.1, -0.05) is 12.2 Å². The first-order valence-electron chi connectivity index (χ1n) is 3.79. The summed E-state index contributed by atoms with van der Waals surface area (Å²) >= 11 is 0. The summed E-state index contributed by atoms with van der Waals surface area (Å²) in [5.41, 5.74) is 12.2. The summed E-state index contributed by atoms with van der Waals surface area (Å²) in [6, 6.07) is 0. The molecule has 0 aliphatic heterocycles. The molecule has 0 heterocycles. The van der Waals surface area contributed by atoms with E-state index in [2.05, 4.69) is 0 Å². The highest BCUT2D eigenvalue weighted by molar-refractivity contribution is 5.29. The number of nitrogens with two attached hydrogens (primary N) is 2. The molecule has 5 N–H and O–H groups in total. The van der Waals surface area contributed by atoms with Crippen LogP contribution in [0.4, 0.5) is 0 Å². The number of hydrogen-bond acceptors (Lipinski definition) is 4. The molecule has 0 bridgehead atoms. The first-order valence-corrected chi connectivity index (χ1v) is 3.79. The Bertz CT molecular complexity index is 223. The van der Waals surface area contributed by atoms with E-state index in [9.17, 15) is 5.11 Å². The maximum absolute atomic E-state index is 9.29. The van der Waals surface area contributed by atoms with Gasteiger partial charge in [0.05, 0.1) is 11.4 Å². The predicted molar refractivity (Wildman–Crippen MR) is 45.7 cm³/mol. The average molecular weight is 170 g/mol. The first-order chi connectivity index (χ1) is 5.65. The van der Waals surface area contributed by atoms with Gasteiger partial charge in [-0.3, -0.25) is 0 Å². The summed E-state index contributed by atoms with van der Waals surface area (Å²) in [5, 5.41) is 9.29. The second-order valence-corrected chi connectivity index (χ2v) is 2.81. The highest BCUT2D eigenvalue weighted by atomic mass is 16.6. The Morgan fingerprint density at radius 2 is 2.25 bits per heavy atom. The number of methoxy groups -OCH3 is 1. The van der Waals surface area contributed by atoms with Crippen molar-refractivity contribution in [1.29, 1.82) is 0 Å². The largest absolute Gasteiger partial charge is 0.397 e. The van der Waals surface area contributed by atoms with Crippen LogP contribution < -0.4 is 11.5 Å². The molecule has 4 heteroatoms. The van der Waals surface area contributed by atoms with E-state index in [1.54, 1.807) is 12.2 Å². The summed E-state index contributed by atoms with van der Waals surface area (Å²) in [5.74, 6) is -0.0812. The molecule has 4 nitrogen and oxygen atoms in total. The van der Waals surface area contributed by atoms with Gasteiger partial charge in [0, 0.05) is 13.0 Å². The molecule has 0 saturated carbocycles. The fourth-order valence-corrected chi connectivity index (χ4v) is 1.15. The quantitative estimate of drug-likeness (QED) is 0.495. The normalized spacial score (nSPS) is 26.0. The van der Waals surface area contributed by atoms with E-state index < -0.39 is 6.29 Å². The number of hydrogen-bond donors (Lipinski definition) is 3. The van der Waals surface area contributed by atoms with Gasteiger partial charge in [-0.15, -0.1) is 0 Å². The van der Waals surface area contributed by atoms with Crippen LogP contribution in [-0.2, 0) is 4.74 Å². The van der Waals surface area contributed by atoms with E-state index in [-0.39, 0.29) is 5.92 Å². The van der Waals surface area contributed by atoms with Crippen molar-refractivity contribution in [1.82, 2.24) is 0 Å². The molecule has 1 aliphatic carbocycles. The Labute approximate surface area is 71.5 Å². The third-order valence-corrected chi connectivity index (χ3v) is 1.94. The molecule has 0 saturated heterocycles. The van der Waals surface area contributed by atoms with E-state index in [0.717, 1.165) is 0 Å². The lowest BCUT2D eigenvalue weighted by Gasteiger charge is -2.21. The van der Waals surface area contributed by atoms with Crippen LogP contribution in [-0.4, -0.2) is 18.5 Å². The van der Waals surface area contributed by atoms with Crippen LogP contribution in [0, 0.1) is 5.92 Å². The lowest BCUT2D eigenvalue weighted by Crippen LogP contribution is -2.25. The highest BCUT2D eigenvalue weighted by Gasteiger charge is 2.19. The molecular formula is C8H14N2O2. The predicted octanol–water partition coefficient (Wildman–Crippen LogP) is -0.344. The van der Waals surface area contributed by atoms with Gasteiger partial charge < -0.3 is 21.3 Å². The number of aliphatic hydroxyl groups excluding tert-OH is 1. The van der Waals surface area contributed by atoms with Crippen LogP contribution in [0.2, 0.25) is 0 Å². The van der Waals surface area contributed by atoms with Gasteiger partial charge in [-0.2, -0.15) is 0 Å². The molecule has 2 unspecified atom stereocenters. The zero-order valence-corrected chi connectivity index (χ0v) is 7.03. The highest BCUT2D eigenvalue weighted by Crippen LogP contribution is 2.20.